The van der Waals surface area contributed by atoms with Gasteiger partial charge in [-0.25, -0.2) is 0 Å². The molecule has 0 radical (unpaired) electrons. The van der Waals surface area contributed by atoms with Gasteiger partial charge < -0.3 is 5.73 Å². The maximum absolute atomic E-state index is 6.00. The van der Waals surface area contributed by atoms with E-state index in [-0.39, 0.29) is 11.5 Å². The minimum absolute atomic E-state index is 0.0963. The number of hydrogen-bond donors (Lipinski definition) is 1. The van der Waals surface area contributed by atoms with Crippen LogP contribution in [0, 0.1) is 0 Å². The van der Waals surface area contributed by atoms with Crippen LogP contribution in [0.3, 0.4) is 0 Å². The summed E-state index contributed by atoms with van der Waals surface area (Å²) in [5, 5.41) is 0. The summed E-state index contributed by atoms with van der Waals surface area (Å²) in [5.74, 6) is 0. The highest BCUT2D eigenvalue weighted by Crippen LogP contribution is 2.33. The molecule has 2 aromatic heterocycles. The summed E-state index contributed by atoms with van der Waals surface area (Å²) in [5.41, 5.74) is 7.79. The Morgan fingerprint density at radius 1 is 1.06 bits per heavy atom. The Hall–Kier alpha value is -1.74. The van der Waals surface area contributed by atoms with Gasteiger partial charge in [0.1, 0.15) is 0 Å². The first-order chi connectivity index (χ1) is 8.63. The molecule has 0 saturated carbocycles. The van der Waals surface area contributed by atoms with Crippen molar-refractivity contribution < 1.29 is 0 Å². The van der Waals surface area contributed by atoms with E-state index in [0.29, 0.717) is 0 Å². The van der Waals surface area contributed by atoms with E-state index in [0.717, 1.165) is 17.8 Å². The summed E-state index contributed by atoms with van der Waals surface area (Å²) in [6.07, 6.45) is 4.45. The van der Waals surface area contributed by atoms with Gasteiger partial charge in [0.25, 0.3) is 0 Å². The fourth-order valence-corrected chi connectivity index (χ4v) is 2.36. The lowest BCUT2D eigenvalue weighted by atomic mass is 9.77. The fraction of sp³-hybridized carbons (Fsp3) is 0.333. The van der Waals surface area contributed by atoms with Gasteiger partial charge in [-0.2, -0.15) is 0 Å². The molecule has 2 aromatic rings. The predicted molar refractivity (Wildman–Crippen MR) is 73.2 cm³/mol. The van der Waals surface area contributed by atoms with E-state index in [1.165, 1.54) is 0 Å². The van der Waals surface area contributed by atoms with Crippen LogP contribution in [0.1, 0.15) is 31.7 Å². The Labute approximate surface area is 108 Å². The van der Waals surface area contributed by atoms with Crippen molar-refractivity contribution in [2.24, 2.45) is 5.73 Å². The van der Waals surface area contributed by atoms with E-state index in [2.05, 4.69) is 16.9 Å². The highest BCUT2D eigenvalue weighted by molar-refractivity contribution is 5.30. The molecule has 0 amide bonds. The SMILES string of the molecule is CC(N)CC(C)(c1ccccn1)c1ccccn1. The van der Waals surface area contributed by atoms with Crippen LogP contribution in [0.15, 0.2) is 48.8 Å². The van der Waals surface area contributed by atoms with Crippen molar-refractivity contribution in [3.05, 3.63) is 60.2 Å². The zero-order valence-corrected chi connectivity index (χ0v) is 10.9. The van der Waals surface area contributed by atoms with Crippen molar-refractivity contribution in [2.75, 3.05) is 0 Å². The molecular weight excluding hydrogens is 222 g/mol. The van der Waals surface area contributed by atoms with Gasteiger partial charge in [-0.05, 0) is 44.5 Å². The van der Waals surface area contributed by atoms with Gasteiger partial charge in [-0.1, -0.05) is 12.1 Å². The summed E-state index contributed by atoms with van der Waals surface area (Å²) in [4.78, 5) is 8.97. The van der Waals surface area contributed by atoms with Crippen LogP contribution in [-0.2, 0) is 5.41 Å². The summed E-state index contributed by atoms with van der Waals surface area (Å²) in [6.45, 7) is 4.17. The molecule has 2 heterocycles. The summed E-state index contributed by atoms with van der Waals surface area (Å²) >= 11 is 0. The van der Waals surface area contributed by atoms with Gasteiger partial charge in [-0.3, -0.25) is 9.97 Å². The molecule has 2 rings (SSSR count). The molecule has 0 spiro atoms. The maximum atomic E-state index is 6.00. The maximum Gasteiger partial charge on any atom is 0.0534 e. The second-order valence-electron chi connectivity index (χ2n) is 4.94. The first-order valence-corrected chi connectivity index (χ1v) is 6.21. The Morgan fingerprint density at radius 2 is 1.56 bits per heavy atom. The molecule has 0 aromatic carbocycles. The molecule has 3 nitrogen and oxygen atoms in total. The summed E-state index contributed by atoms with van der Waals surface area (Å²) in [6, 6.07) is 12.0. The predicted octanol–water partition coefficient (Wildman–Crippen LogP) is 2.52. The fourth-order valence-electron chi connectivity index (χ4n) is 2.36. The van der Waals surface area contributed by atoms with Gasteiger partial charge in [0.05, 0.1) is 16.8 Å². The standard InChI is InChI=1S/C15H19N3/c1-12(16)11-15(2,13-7-3-5-9-17-13)14-8-4-6-10-18-14/h3-10,12H,11,16H2,1-2H3. The number of rotatable bonds is 4. The topological polar surface area (TPSA) is 51.8 Å². The summed E-state index contributed by atoms with van der Waals surface area (Å²) < 4.78 is 0. The van der Waals surface area contributed by atoms with Crippen LogP contribution in [-0.4, -0.2) is 16.0 Å². The molecule has 2 N–H and O–H groups in total. The van der Waals surface area contributed by atoms with Crippen LogP contribution in [0.5, 0.6) is 0 Å². The molecule has 0 fully saturated rings. The van der Waals surface area contributed by atoms with Crippen molar-refractivity contribution in [1.82, 2.24) is 9.97 Å². The third kappa shape index (κ3) is 2.57. The molecule has 1 unspecified atom stereocenters. The highest BCUT2D eigenvalue weighted by Gasteiger charge is 2.32. The second-order valence-corrected chi connectivity index (χ2v) is 4.94. The monoisotopic (exact) mass is 241 g/mol. The number of hydrogen-bond acceptors (Lipinski definition) is 3. The van der Waals surface area contributed by atoms with Gasteiger partial charge in [0, 0.05) is 18.4 Å². The van der Waals surface area contributed by atoms with Crippen LogP contribution in [0.25, 0.3) is 0 Å². The molecule has 0 bridgehead atoms. The largest absolute Gasteiger partial charge is 0.328 e. The van der Waals surface area contributed by atoms with Gasteiger partial charge in [0.15, 0.2) is 0 Å². The molecular formula is C15H19N3. The Morgan fingerprint density at radius 3 is 1.89 bits per heavy atom. The Balaban J connectivity index is 2.48. The van der Waals surface area contributed by atoms with Crippen molar-refractivity contribution in [3.8, 4) is 0 Å². The van der Waals surface area contributed by atoms with Gasteiger partial charge >= 0.3 is 0 Å². The van der Waals surface area contributed by atoms with Gasteiger partial charge in [0.2, 0.25) is 0 Å². The van der Waals surface area contributed by atoms with Crippen LogP contribution in [0.4, 0.5) is 0 Å². The molecule has 94 valence electrons. The number of pyridine rings is 2. The van der Waals surface area contributed by atoms with Gasteiger partial charge in [-0.15, -0.1) is 0 Å². The van der Waals surface area contributed by atoms with E-state index in [1.54, 1.807) is 0 Å². The zero-order chi connectivity index (χ0) is 13.0. The van der Waals surface area contributed by atoms with Crippen LogP contribution < -0.4 is 5.73 Å². The van der Waals surface area contributed by atoms with E-state index in [1.807, 2.05) is 55.7 Å². The minimum Gasteiger partial charge on any atom is -0.328 e. The lowest BCUT2D eigenvalue weighted by molar-refractivity contribution is 0.448. The molecule has 3 heteroatoms. The van der Waals surface area contributed by atoms with E-state index >= 15 is 0 Å². The molecule has 0 saturated heterocycles. The van der Waals surface area contributed by atoms with E-state index < -0.39 is 0 Å². The average Bonchev–Trinajstić information content (AvgIpc) is 2.40. The first-order valence-electron chi connectivity index (χ1n) is 6.21. The first kappa shape index (κ1) is 12.7. The molecule has 1 atom stereocenters. The molecule has 18 heavy (non-hydrogen) atoms. The third-order valence-electron chi connectivity index (χ3n) is 3.19. The van der Waals surface area contributed by atoms with Crippen molar-refractivity contribution in [3.63, 3.8) is 0 Å². The molecule has 0 aliphatic carbocycles. The Bertz CT molecular complexity index is 440. The van der Waals surface area contributed by atoms with Crippen molar-refractivity contribution in [1.29, 1.82) is 0 Å². The smallest absolute Gasteiger partial charge is 0.0534 e. The summed E-state index contributed by atoms with van der Waals surface area (Å²) in [7, 11) is 0. The third-order valence-corrected chi connectivity index (χ3v) is 3.19. The number of nitrogens with zero attached hydrogens (tertiary/aromatic N) is 2. The lowest BCUT2D eigenvalue weighted by Gasteiger charge is -2.30. The van der Waals surface area contributed by atoms with Crippen molar-refractivity contribution >= 4 is 0 Å². The minimum atomic E-state index is -0.239. The number of nitrogens with two attached hydrogens (primary N) is 1. The van der Waals surface area contributed by atoms with Crippen LogP contribution >= 0.6 is 0 Å². The second kappa shape index (κ2) is 5.27. The van der Waals surface area contributed by atoms with E-state index in [4.69, 9.17) is 5.73 Å². The average molecular weight is 241 g/mol. The lowest BCUT2D eigenvalue weighted by Crippen LogP contribution is -2.33. The zero-order valence-electron chi connectivity index (χ0n) is 10.9. The number of aromatic nitrogens is 2. The molecule has 0 aliphatic rings. The Kier molecular flexibility index (Phi) is 3.72. The normalized spacial score (nSPS) is 13.3. The quantitative estimate of drug-likeness (QED) is 0.894. The van der Waals surface area contributed by atoms with Crippen LogP contribution in [0.2, 0.25) is 0 Å². The molecule has 0 aliphatic heterocycles. The highest BCUT2D eigenvalue weighted by atomic mass is 14.8. The van der Waals surface area contributed by atoms with Crippen molar-refractivity contribution in [2.45, 2.75) is 31.7 Å². The van der Waals surface area contributed by atoms with E-state index in [9.17, 15) is 0 Å².